The quantitative estimate of drug-likeness (QED) is 0.728. The highest BCUT2D eigenvalue weighted by Gasteiger charge is 2.06. The van der Waals surface area contributed by atoms with E-state index in [9.17, 15) is 4.79 Å². The Bertz CT molecular complexity index is 365. The summed E-state index contributed by atoms with van der Waals surface area (Å²) >= 11 is 8.13. The predicted octanol–water partition coefficient (Wildman–Crippen LogP) is 3.94. The average Bonchev–Trinajstić information content (AvgIpc) is 2.55. The van der Waals surface area contributed by atoms with E-state index in [-0.39, 0.29) is 5.24 Å². The molecule has 0 spiro atoms. The number of hydrogen-bond acceptors (Lipinski definition) is 2. The minimum absolute atomic E-state index is 0.361. The Morgan fingerprint density at radius 2 is 1.72 bits per heavy atom. The topological polar surface area (TPSA) is 29.1 Å². The third-order valence-electron chi connectivity index (χ3n) is 2.31. The molecule has 2 nitrogen and oxygen atoms in total. The Balaban J connectivity index is 0.000000415. The zero-order chi connectivity index (χ0) is 14.0. The van der Waals surface area contributed by atoms with E-state index >= 15 is 0 Å². The van der Waals surface area contributed by atoms with Gasteiger partial charge in [0.1, 0.15) is 0 Å². The van der Waals surface area contributed by atoms with Crippen LogP contribution in [0.5, 0.6) is 0 Å². The van der Waals surface area contributed by atoms with Crippen molar-refractivity contribution in [3.63, 3.8) is 0 Å². The molecule has 1 aliphatic heterocycles. The molecule has 18 heavy (non-hydrogen) atoms. The number of fused-ring (bicyclic) bond motifs is 1. The first-order valence-electron chi connectivity index (χ1n) is 6.23. The molecule has 1 aromatic rings. The standard InChI is InChI=1S/C10H12BrN.C2H3ClO.C2H6/c11-10-2-1-8-3-5-12-6-4-9(8)7-10;1-2(3)4;1-2/h1-2,7,12H,3-6H2;1H3;1-2H3. The summed E-state index contributed by atoms with van der Waals surface area (Å²) in [5.74, 6) is 0. The third-order valence-corrected chi connectivity index (χ3v) is 2.80. The molecule has 4 heteroatoms. The van der Waals surface area contributed by atoms with Crippen molar-refractivity contribution in [1.82, 2.24) is 5.32 Å². The number of nitrogens with one attached hydrogen (secondary N) is 1. The van der Waals surface area contributed by atoms with Crippen LogP contribution in [0.25, 0.3) is 0 Å². The van der Waals surface area contributed by atoms with Gasteiger partial charge in [-0.05, 0) is 60.8 Å². The lowest BCUT2D eigenvalue weighted by Gasteiger charge is -2.04. The fraction of sp³-hybridized carbons (Fsp3) is 0.500. The number of halogens is 2. The van der Waals surface area contributed by atoms with Gasteiger partial charge in [0.05, 0.1) is 0 Å². The minimum Gasteiger partial charge on any atom is -0.316 e. The molecule has 0 amide bonds. The summed E-state index contributed by atoms with van der Waals surface area (Å²) in [7, 11) is 0. The monoisotopic (exact) mass is 333 g/mol. The summed E-state index contributed by atoms with van der Waals surface area (Å²) in [5, 5.41) is 3.04. The van der Waals surface area contributed by atoms with Gasteiger partial charge < -0.3 is 5.32 Å². The first-order valence-corrected chi connectivity index (χ1v) is 7.41. The van der Waals surface area contributed by atoms with Crippen LogP contribution >= 0.6 is 27.5 Å². The second kappa shape index (κ2) is 10.5. The molecule has 0 atom stereocenters. The molecule has 102 valence electrons. The van der Waals surface area contributed by atoms with Gasteiger partial charge in [-0.2, -0.15) is 0 Å². The van der Waals surface area contributed by atoms with Crippen molar-refractivity contribution in [3.05, 3.63) is 33.8 Å². The highest BCUT2D eigenvalue weighted by molar-refractivity contribution is 9.10. The van der Waals surface area contributed by atoms with Gasteiger partial charge in [0.2, 0.25) is 5.24 Å². The predicted molar refractivity (Wildman–Crippen MR) is 82.3 cm³/mol. The third kappa shape index (κ3) is 7.85. The summed E-state index contributed by atoms with van der Waals surface area (Å²) < 4.78 is 1.20. The van der Waals surface area contributed by atoms with E-state index in [1.165, 1.54) is 28.9 Å². The molecule has 0 saturated carbocycles. The van der Waals surface area contributed by atoms with Crippen molar-refractivity contribution in [2.75, 3.05) is 13.1 Å². The Hall–Kier alpha value is -0.380. The van der Waals surface area contributed by atoms with Gasteiger partial charge in [0.25, 0.3) is 0 Å². The highest BCUT2D eigenvalue weighted by atomic mass is 79.9. The largest absolute Gasteiger partial charge is 0.316 e. The molecular weight excluding hydrogens is 314 g/mol. The van der Waals surface area contributed by atoms with E-state index in [4.69, 9.17) is 0 Å². The smallest absolute Gasteiger partial charge is 0.218 e. The lowest BCUT2D eigenvalue weighted by molar-refractivity contribution is -0.109. The highest BCUT2D eigenvalue weighted by Crippen LogP contribution is 2.18. The molecule has 0 radical (unpaired) electrons. The lowest BCUT2D eigenvalue weighted by Crippen LogP contribution is -2.16. The molecule has 0 fully saturated rings. The van der Waals surface area contributed by atoms with E-state index < -0.39 is 0 Å². The Labute approximate surface area is 123 Å². The summed E-state index contributed by atoms with van der Waals surface area (Å²) in [4.78, 5) is 9.21. The molecule has 0 bridgehead atoms. The Kier molecular flexibility index (Phi) is 10.3. The zero-order valence-electron chi connectivity index (χ0n) is 11.2. The summed E-state index contributed by atoms with van der Waals surface area (Å²) in [6.45, 7) is 7.53. The Morgan fingerprint density at radius 1 is 1.22 bits per heavy atom. The van der Waals surface area contributed by atoms with Crippen LogP contribution in [-0.2, 0) is 17.6 Å². The second-order valence-electron chi connectivity index (χ2n) is 3.63. The van der Waals surface area contributed by atoms with Gasteiger partial charge in [-0.25, -0.2) is 0 Å². The van der Waals surface area contributed by atoms with Crippen molar-refractivity contribution < 1.29 is 4.79 Å². The molecule has 2 rings (SSSR count). The van der Waals surface area contributed by atoms with Gasteiger partial charge in [-0.3, -0.25) is 4.79 Å². The molecule has 1 aliphatic rings. The normalized spacial score (nSPS) is 12.9. The molecule has 0 saturated heterocycles. The molecule has 1 aromatic carbocycles. The molecule has 0 aromatic heterocycles. The van der Waals surface area contributed by atoms with Crippen LogP contribution in [0.4, 0.5) is 0 Å². The van der Waals surface area contributed by atoms with Gasteiger partial charge in [0, 0.05) is 11.4 Å². The van der Waals surface area contributed by atoms with Crippen LogP contribution < -0.4 is 5.32 Å². The first-order chi connectivity index (χ1) is 8.59. The van der Waals surface area contributed by atoms with Crippen molar-refractivity contribution in [1.29, 1.82) is 0 Å². The number of benzene rings is 1. The molecule has 1 N–H and O–H groups in total. The van der Waals surface area contributed by atoms with Crippen LogP contribution in [0.3, 0.4) is 0 Å². The summed E-state index contributed by atoms with van der Waals surface area (Å²) in [5.41, 5.74) is 3.00. The molecule has 0 aliphatic carbocycles. The van der Waals surface area contributed by atoms with Crippen molar-refractivity contribution in [3.8, 4) is 0 Å². The van der Waals surface area contributed by atoms with Crippen LogP contribution in [0.15, 0.2) is 22.7 Å². The molecule has 1 heterocycles. The summed E-state index contributed by atoms with van der Waals surface area (Å²) in [6.07, 6.45) is 2.33. The van der Waals surface area contributed by atoms with Gasteiger partial charge >= 0.3 is 0 Å². The van der Waals surface area contributed by atoms with E-state index in [1.807, 2.05) is 13.8 Å². The maximum atomic E-state index is 9.21. The molecular formula is C14H21BrClNO. The van der Waals surface area contributed by atoms with Gasteiger partial charge in [0.15, 0.2) is 0 Å². The van der Waals surface area contributed by atoms with Crippen molar-refractivity contribution >= 4 is 32.8 Å². The van der Waals surface area contributed by atoms with E-state index in [1.54, 1.807) is 0 Å². The average molecular weight is 335 g/mol. The first kappa shape index (κ1) is 17.6. The van der Waals surface area contributed by atoms with Crippen LogP contribution in [-0.4, -0.2) is 18.3 Å². The number of hydrogen-bond donors (Lipinski definition) is 1. The second-order valence-corrected chi connectivity index (χ2v) is 5.08. The number of carbonyl (C=O) groups is 1. The maximum Gasteiger partial charge on any atom is 0.218 e. The number of carbonyl (C=O) groups excluding carboxylic acids is 1. The molecule has 0 unspecified atom stereocenters. The number of rotatable bonds is 0. The van der Waals surface area contributed by atoms with E-state index in [0.717, 1.165) is 19.5 Å². The van der Waals surface area contributed by atoms with Crippen molar-refractivity contribution in [2.45, 2.75) is 33.6 Å². The SMILES string of the molecule is Brc1ccc2c(c1)CCNCC2.CC.CC(=O)Cl. The summed E-state index contributed by atoms with van der Waals surface area (Å²) in [6, 6.07) is 6.60. The van der Waals surface area contributed by atoms with Crippen molar-refractivity contribution in [2.24, 2.45) is 0 Å². The van der Waals surface area contributed by atoms with Gasteiger partial charge in [-0.15, -0.1) is 0 Å². The van der Waals surface area contributed by atoms with E-state index in [0.29, 0.717) is 0 Å². The lowest BCUT2D eigenvalue weighted by atomic mass is 10.0. The Morgan fingerprint density at radius 3 is 2.28 bits per heavy atom. The van der Waals surface area contributed by atoms with Crippen LogP contribution in [0.1, 0.15) is 31.9 Å². The fourth-order valence-corrected chi connectivity index (χ4v) is 2.05. The maximum absolute atomic E-state index is 9.21. The van der Waals surface area contributed by atoms with E-state index in [2.05, 4.69) is 51.0 Å². The van der Waals surface area contributed by atoms with Crippen LogP contribution in [0, 0.1) is 0 Å². The fourth-order valence-electron chi connectivity index (χ4n) is 1.64. The van der Waals surface area contributed by atoms with Crippen LogP contribution in [0.2, 0.25) is 0 Å². The zero-order valence-corrected chi connectivity index (χ0v) is 13.6. The minimum atomic E-state index is -0.361. The van der Waals surface area contributed by atoms with Gasteiger partial charge in [-0.1, -0.05) is 35.8 Å².